The first kappa shape index (κ1) is 27.7. The number of benzene rings is 1. The number of halogens is 1. The summed E-state index contributed by atoms with van der Waals surface area (Å²) in [4.78, 5) is 39.4. The van der Waals surface area contributed by atoms with Crippen molar-refractivity contribution in [1.29, 1.82) is 0 Å². The SMILES string of the molecule is CCn1c(COc2ccc(Br)cc2)nnc1SCC(=O)Nc1sc(C(=O)N(C)C)c(C)c1C(=O)OC. The summed E-state index contributed by atoms with van der Waals surface area (Å²) in [6.45, 7) is 4.44. The number of carbonyl (C=O) groups excluding carboxylic acids is 3. The number of nitrogens with one attached hydrogen (secondary N) is 1. The first-order valence-electron chi connectivity index (χ1n) is 10.8. The van der Waals surface area contributed by atoms with Gasteiger partial charge in [-0.1, -0.05) is 27.7 Å². The van der Waals surface area contributed by atoms with Crippen LogP contribution in [0.2, 0.25) is 0 Å². The highest BCUT2D eigenvalue weighted by Gasteiger charge is 2.27. The molecule has 2 amide bonds. The lowest BCUT2D eigenvalue weighted by Crippen LogP contribution is -2.21. The molecule has 3 rings (SSSR count). The van der Waals surface area contributed by atoms with Gasteiger partial charge in [-0.05, 0) is 43.7 Å². The summed E-state index contributed by atoms with van der Waals surface area (Å²) in [5.74, 6) is 0.139. The number of rotatable bonds is 10. The number of methoxy groups -OCH3 is 1. The van der Waals surface area contributed by atoms with E-state index in [4.69, 9.17) is 9.47 Å². The predicted octanol–water partition coefficient (Wildman–Crippen LogP) is 4.23. The molecule has 0 fully saturated rings. The van der Waals surface area contributed by atoms with E-state index >= 15 is 0 Å². The van der Waals surface area contributed by atoms with Crippen LogP contribution in [-0.4, -0.2) is 64.4 Å². The molecule has 3 aromatic rings. The van der Waals surface area contributed by atoms with Crippen LogP contribution >= 0.6 is 39.0 Å². The zero-order valence-corrected chi connectivity index (χ0v) is 23.7. The third-order valence-electron chi connectivity index (χ3n) is 5.01. The summed E-state index contributed by atoms with van der Waals surface area (Å²) >= 11 is 5.65. The lowest BCUT2D eigenvalue weighted by Gasteiger charge is -2.09. The summed E-state index contributed by atoms with van der Waals surface area (Å²) in [7, 11) is 4.50. The van der Waals surface area contributed by atoms with Crippen LogP contribution in [0.5, 0.6) is 5.75 Å². The van der Waals surface area contributed by atoms with Gasteiger partial charge in [0.05, 0.1) is 23.3 Å². The van der Waals surface area contributed by atoms with Crippen molar-refractivity contribution in [1.82, 2.24) is 19.7 Å². The molecule has 10 nitrogen and oxygen atoms in total. The average molecular weight is 597 g/mol. The van der Waals surface area contributed by atoms with Gasteiger partial charge in [-0.15, -0.1) is 21.5 Å². The van der Waals surface area contributed by atoms with E-state index in [1.165, 1.54) is 23.8 Å². The van der Waals surface area contributed by atoms with Gasteiger partial charge in [0.1, 0.15) is 17.4 Å². The van der Waals surface area contributed by atoms with Crippen LogP contribution < -0.4 is 10.1 Å². The average Bonchev–Trinajstić information content (AvgIpc) is 3.40. The highest BCUT2D eigenvalue weighted by molar-refractivity contribution is 9.10. The molecule has 0 unspecified atom stereocenters. The van der Waals surface area contributed by atoms with Crippen LogP contribution in [-0.2, 0) is 22.7 Å². The van der Waals surface area contributed by atoms with Gasteiger partial charge in [-0.3, -0.25) is 9.59 Å². The summed E-state index contributed by atoms with van der Waals surface area (Å²) in [5, 5.41) is 12.0. The molecule has 0 bridgehead atoms. The molecule has 192 valence electrons. The van der Waals surface area contributed by atoms with Crippen molar-refractivity contribution in [3.8, 4) is 5.75 Å². The minimum absolute atomic E-state index is 0.0280. The van der Waals surface area contributed by atoms with Gasteiger partial charge in [-0.2, -0.15) is 0 Å². The number of esters is 1. The van der Waals surface area contributed by atoms with Crippen molar-refractivity contribution in [2.24, 2.45) is 0 Å². The molecular weight excluding hydrogens is 570 g/mol. The van der Waals surface area contributed by atoms with Crippen LogP contribution in [0.1, 0.15) is 38.3 Å². The van der Waals surface area contributed by atoms with E-state index in [2.05, 4.69) is 31.4 Å². The zero-order chi connectivity index (χ0) is 26.4. The van der Waals surface area contributed by atoms with E-state index in [0.29, 0.717) is 33.7 Å². The maximum atomic E-state index is 12.8. The van der Waals surface area contributed by atoms with E-state index in [-0.39, 0.29) is 34.7 Å². The van der Waals surface area contributed by atoms with Crippen LogP contribution in [0.15, 0.2) is 33.9 Å². The van der Waals surface area contributed by atoms with Gasteiger partial charge < -0.3 is 24.3 Å². The molecule has 2 heterocycles. The lowest BCUT2D eigenvalue weighted by molar-refractivity contribution is -0.113. The molecule has 0 spiro atoms. The Hall–Kier alpha value is -2.90. The van der Waals surface area contributed by atoms with E-state index in [9.17, 15) is 14.4 Å². The fourth-order valence-corrected chi connectivity index (χ4v) is 5.50. The van der Waals surface area contributed by atoms with E-state index < -0.39 is 5.97 Å². The lowest BCUT2D eigenvalue weighted by atomic mass is 10.1. The largest absolute Gasteiger partial charge is 0.486 e. The fourth-order valence-electron chi connectivity index (χ4n) is 3.18. The number of thiophene rings is 1. The number of carbonyl (C=O) groups is 3. The Labute approximate surface area is 225 Å². The summed E-state index contributed by atoms with van der Waals surface area (Å²) in [6.07, 6.45) is 0. The van der Waals surface area contributed by atoms with Crippen molar-refractivity contribution in [2.75, 3.05) is 32.3 Å². The topological polar surface area (TPSA) is 116 Å². The van der Waals surface area contributed by atoms with E-state index in [1.807, 2.05) is 35.8 Å². The van der Waals surface area contributed by atoms with Crippen molar-refractivity contribution in [3.63, 3.8) is 0 Å². The van der Waals surface area contributed by atoms with E-state index in [0.717, 1.165) is 15.8 Å². The van der Waals surface area contributed by atoms with Gasteiger partial charge in [-0.25, -0.2) is 4.79 Å². The Morgan fingerprint density at radius 3 is 2.50 bits per heavy atom. The molecule has 0 saturated carbocycles. The Bertz CT molecular complexity index is 1260. The minimum atomic E-state index is -0.620. The highest BCUT2D eigenvalue weighted by Crippen LogP contribution is 2.34. The fraction of sp³-hybridized carbons (Fsp3) is 0.348. The number of aromatic nitrogens is 3. The van der Waals surface area contributed by atoms with Crippen molar-refractivity contribution < 1.29 is 23.9 Å². The number of thioether (sulfide) groups is 1. The maximum absolute atomic E-state index is 12.8. The molecular formula is C23H26BrN5O5S2. The molecule has 0 aliphatic carbocycles. The van der Waals surface area contributed by atoms with Crippen molar-refractivity contribution in [2.45, 2.75) is 32.2 Å². The van der Waals surface area contributed by atoms with Gasteiger partial charge in [0.2, 0.25) is 5.91 Å². The predicted molar refractivity (Wildman–Crippen MR) is 142 cm³/mol. The number of hydrogen-bond donors (Lipinski definition) is 1. The first-order chi connectivity index (χ1) is 17.2. The molecule has 13 heteroatoms. The summed E-state index contributed by atoms with van der Waals surface area (Å²) < 4.78 is 13.5. The molecule has 0 radical (unpaired) electrons. The highest BCUT2D eigenvalue weighted by atomic mass is 79.9. The van der Waals surface area contributed by atoms with Crippen LogP contribution in [0, 0.1) is 6.92 Å². The second-order valence-electron chi connectivity index (χ2n) is 7.67. The van der Waals surface area contributed by atoms with Crippen LogP contribution in [0.4, 0.5) is 5.00 Å². The Kier molecular flexibility index (Phi) is 9.51. The number of hydrogen-bond acceptors (Lipinski definition) is 9. The number of nitrogens with zero attached hydrogens (tertiary/aromatic N) is 4. The molecule has 2 aromatic heterocycles. The number of ether oxygens (including phenoxy) is 2. The van der Waals surface area contributed by atoms with Crippen LogP contribution in [0.3, 0.4) is 0 Å². The number of anilines is 1. The second kappa shape index (κ2) is 12.4. The summed E-state index contributed by atoms with van der Waals surface area (Å²) in [6, 6.07) is 7.48. The zero-order valence-electron chi connectivity index (χ0n) is 20.5. The van der Waals surface area contributed by atoms with Crippen LogP contribution in [0.25, 0.3) is 0 Å². The molecule has 36 heavy (non-hydrogen) atoms. The normalized spacial score (nSPS) is 10.7. The minimum Gasteiger partial charge on any atom is -0.486 e. The second-order valence-corrected chi connectivity index (χ2v) is 10.6. The Balaban J connectivity index is 1.69. The van der Waals surface area contributed by atoms with Gasteiger partial charge in [0.15, 0.2) is 11.0 Å². The first-order valence-corrected chi connectivity index (χ1v) is 13.4. The quantitative estimate of drug-likeness (QED) is 0.273. The standard InChI is InChI=1S/C23H26BrN5O5S2/c1-6-29-16(11-34-15-9-7-14(24)8-10-15)26-27-23(29)35-12-17(30)25-20-18(22(32)33-5)13(2)19(36-20)21(31)28(3)4/h7-10H,6,11-12H2,1-5H3,(H,25,30). The third kappa shape index (κ3) is 6.45. The molecule has 1 aromatic carbocycles. The molecule has 0 aliphatic heterocycles. The molecule has 0 saturated heterocycles. The monoisotopic (exact) mass is 595 g/mol. The van der Waals surface area contributed by atoms with Gasteiger partial charge in [0, 0.05) is 25.1 Å². The Morgan fingerprint density at radius 2 is 1.89 bits per heavy atom. The summed E-state index contributed by atoms with van der Waals surface area (Å²) in [5.41, 5.74) is 0.643. The third-order valence-corrected chi connectivity index (χ3v) is 7.70. The number of amides is 2. The van der Waals surface area contributed by atoms with Crippen molar-refractivity contribution in [3.05, 3.63) is 50.6 Å². The van der Waals surface area contributed by atoms with Gasteiger partial charge in [0.25, 0.3) is 5.91 Å². The molecule has 1 N–H and O–H groups in total. The van der Waals surface area contributed by atoms with Crippen molar-refractivity contribution >= 4 is 61.8 Å². The maximum Gasteiger partial charge on any atom is 0.341 e. The molecule has 0 atom stereocenters. The Morgan fingerprint density at radius 1 is 1.19 bits per heavy atom. The smallest absolute Gasteiger partial charge is 0.341 e. The van der Waals surface area contributed by atoms with E-state index in [1.54, 1.807) is 21.0 Å². The molecule has 0 aliphatic rings. The van der Waals surface area contributed by atoms with Gasteiger partial charge >= 0.3 is 5.97 Å².